The lowest BCUT2D eigenvalue weighted by atomic mass is 10.1. The summed E-state index contributed by atoms with van der Waals surface area (Å²) in [6.45, 7) is 2.45. The maximum Gasteiger partial charge on any atom is 0.273 e. The topological polar surface area (TPSA) is 91.8 Å². The van der Waals surface area contributed by atoms with Crippen LogP contribution in [0.2, 0.25) is 0 Å². The van der Waals surface area contributed by atoms with Crippen LogP contribution in [0.15, 0.2) is 23.5 Å². The van der Waals surface area contributed by atoms with E-state index in [2.05, 4.69) is 10.1 Å². The van der Waals surface area contributed by atoms with Crippen LogP contribution < -0.4 is 5.73 Å². The average Bonchev–Trinajstić information content (AvgIpc) is 2.86. The van der Waals surface area contributed by atoms with E-state index >= 15 is 0 Å². The molecule has 1 aliphatic rings. The molecule has 2 heterocycles. The monoisotopic (exact) mass is 248 g/mol. The van der Waals surface area contributed by atoms with Gasteiger partial charge in [-0.05, 0) is 31.4 Å². The van der Waals surface area contributed by atoms with Crippen LogP contribution >= 0.6 is 0 Å². The second kappa shape index (κ2) is 5.03. The molecule has 0 aliphatic carbocycles. The molecule has 0 saturated carbocycles. The van der Waals surface area contributed by atoms with Gasteiger partial charge in [0.15, 0.2) is 5.84 Å². The smallest absolute Gasteiger partial charge is 0.273 e. The van der Waals surface area contributed by atoms with Gasteiger partial charge in [0, 0.05) is 12.7 Å². The summed E-state index contributed by atoms with van der Waals surface area (Å²) in [6, 6.07) is 3.30. The second-order valence-electron chi connectivity index (χ2n) is 4.35. The number of amidine groups is 1. The van der Waals surface area contributed by atoms with E-state index in [0.29, 0.717) is 18.7 Å². The number of rotatable bonds is 2. The highest BCUT2D eigenvalue weighted by atomic mass is 16.4. The third kappa shape index (κ3) is 2.13. The van der Waals surface area contributed by atoms with E-state index in [4.69, 9.17) is 10.9 Å². The predicted octanol–water partition coefficient (Wildman–Crippen LogP) is 0.741. The molecule has 18 heavy (non-hydrogen) atoms. The Morgan fingerprint density at radius 2 is 2.44 bits per heavy atom. The first-order chi connectivity index (χ1) is 8.65. The van der Waals surface area contributed by atoms with Gasteiger partial charge in [0.1, 0.15) is 5.69 Å². The van der Waals surface area contributed by atoms with Gasteiger partial charge >= 0.3 is 0 Å². The quantitative estimate of drug-likeness (QED) is 0.349. The van der Waals surface area contributed by atoms with Crippen molar-refractivity contribution < 1.29 is 10.0 Å². The minimum Gasteiger partial charge on any atom is -0.409 e. The summed E-state index contributed by atoms with van der Waals surface area (Å²) in [6.07, 6.45) is 3.15. The first-order valence-electron chi connectivity index (χ1n) is 5.85. The molecule has 3 N–H and O–H groups in total. The van der Waals surface area contributed by atoms with Gasteiger partial charge < -0.3 is 15.8 Å². The van der Waals surface area contributed by atoms with Crippen LogP contribution in [0.5, 0.6) is 0 Å². The van der Waals surface area contributed by atoms with E-state index in [9.17, 15) is 4.79 Å². The second-order valence-corrected chi connectivity index (χ2v) is 4.35. The van der Waals surface area contributed by atoms with Gasteiger partial charge in [0.05, 0.1) is 6.04 Å². The molecule has 1 unspecified atom stereocenters. The summed E-state index contributed by atoms with van der Waals surface area (Å²) in [5.41, 5.74) is 6.86. The maximum atomic E-state index is 12.4. The van der Waals surface area contributed by atoms with Crippen molar-refractivity contribution in [3.63, 3.8) is 0 Å². The molecule has 6 heteroatoms. The van der Waals surface area contributed by atoms with Gasteiger partial charge in [-0.1, -0.05) is 11.2 Å². The normalized spacial score (nSPS) is 20.2. The van der Waals surface area contributed by atoms with Crippen LogP contribution in [-0.2, 0) is 0 Å². The summed E-state index contributed by atoms with van der Waals surface area (Å²) in [4.78, 5) is 18.1. The van der Waals surface area contributed by atoms with Gasteiger partial charge in [0.25, 0.3) is 5.91 Å². The highest BCUT2D eigenvalue weighted by Gasteiger charge is 2.33. The van der Waals surface area contributed by atoms with Gasteiger partial charge in [-0.3, -0.25) is 9.78 Å². The Morgan fingerprint density at radius 3 is 3.11 bits per heavy atom. The minimum atomic E-state index is -0.330. The SMILES string of the molecule is Cc1cccnc1C(=O)N1CCCC1C(N)=NO. The zero-order valence-corrected chi connectivity index (χ0v) is 10.2. The van der Waals surface area contributed by atoms with Gasteiger partial charge in [-0.25, -0.2) is 0 Å². The maximum absolute atomic E-state index is 12.4. The van der Waals surface area contributed by atoms with Crippen molar-refractivity contribution in [2.24, 2.45) is 10.9 Å². The number of likely N-dealkylation sites (tertiary alicyclic amines) is 1. The predicted molar refractivity (Wildman–Crippen MR) is 66.4 cm³/mol. The van der Waals surface area contributed by atoms with Gasteiger partial charge in [0.2, 0.25) is 0 Å². The molecule has 0 bridgehead atoms. The Hall–Kier alpha value is -2.11. The molecule has 96 valence electrons. The van der Waals surface area contributed by atoms with Crippen molar-refractivity contribution >= 4 is 11.7 Å². The summed E-state index contributed by atoms with van der Waals surface area (Å²) < 4.78 is 0. The van der Waals surface area contributed by atoms with Crippen molar-refractivity contribution in [3.8, 4) is 0 Å². The standard InChI is InChI=1S/C12H16N4O2/c1-8-4-2-6-14-10(8)12(17)16-7-3-5-9(16)11(13)15-18/h2,4,6,9,18H,3,5,7H2,1H3,(H2,13,15). The van der Waals surface area contributed by atoms with Crippen LogP contribution in [-0.4, -0.2) is 39.4 Å². The van der Waals surface area contributed by atoms with Crippen LogP contribution in [0.25, 0.3) is 0 Å². The fourth-order valence-electron chi connectivity index (χ4n) is 2.23. The Kier molecular flexibility index (Phi) is 3.45. The number of carbonyl (C=O) groups excluding carboxylic acids is 1. The summed E-state index contributed by atoms with van der Waals surface area (Å²) in [7, 11) is 0. The molecule has 1 atom stereocenters. The Labute approximate surface area is 105 Å². The number of aromatic nitrogens is 1. The fraction of sp³-hybridized carbons (Fsp3) is 0.417. The fourth-order valence-corrected chi connectivity index (χ4v) is 2.23. The number of pyridine rings is 1. The van der Waals surface area contributed by atoms with E-state index in [1.165, 1.54) is 0 Å². The van der Waals surface area contributed by atoms with E-state index in [-0.39, 0.29) is 17.8 Å². The van der Waals surface area contributed by atoms with E-state index in [1.54, 1.807) is 17.2 Å². The van der Waals surface area contributed by atoms with Crippen LogP contribution in [0.3, 0.4) is 0 Å². The molecule has 1 fully saturated rings. The number of oxime groups is 1. The zero-order valence-electron chi connectivity index (χ0n) is 10.2. The largest absolute Gasteiger partial charge is 0.409 e. The average molecular weight is 248 g/mol. The molecule has 1 saturated heterocycles. The van der Waals surface area contributed by atoms with Crippen LogP contribution in [0, 0.1) is 6.92 Å². The Balaban J connectivity index is 2.26. The number of nitrogens with zero attached hydrogens (tertiary/aromatic N) is 3. The first kappa shape index (κ1) is 12.3. The molecule has 6 nitrogen and oxygen atoms in total. The van der Waals surface area contributed by atoms with Gasteiger partial charge in [-0.15, -0.1) is 0 Å². The Morgan fingerprint density at radius 1 is 1.67 bits per heavy atom. The summed E-state index contributed by atoms with van der Waals surface area (Å²) >= 11 is 0. The van der Waals surface area contributed by atoms with Crippen LogP contribution in [0.4, 0.5) is 0 Å². The number of amides is 1. The number of hydrogen-bond donors (Lipinski definition) is 2. The number of hydrogen-bond acceptors (Lipinski definition) is 4. The molecular formula is C12H16N4O2. The third-order valence-corrected chi connectivity index (χ3v) is 3.18. The van der Waals surface area contributed by atoms with E-state index in [0.717, 1.165) is 12.0 Å². The van der Waals surface area contributed by atoms with Crippen molar-refractivity contribution in [1.29, 1.82) is 0 Å². The van der Waals surface area contributed by atoms with Crippen molar-refractivity contribution in [2.45, 2.75) is 25.8 Å². The third-order valence-electron chi connectivity index (χ3n) is 3.18. The lowest BCUT2D eigenvalue weighted by molar-refractivity contribution is 0.0761. The van der Waals surface area contributed by atoms with E-state index in [1.807, 2.05) is 13.0 Å². The first-order valence-corrected chi connectivity index (χ1v) is 5.85. The number of carbonyl (C=O) groups is 1. The van der Waals surface area contributed by atoms with Crippen molar-refractivity contribution in [2.75, 3.05) is 6.54 Å². The molecular weight excluding hydrogens is 232 g/mol. The number of aryl methyl sites for hydroxylation is 1. The summed E-state index contributed by atoms with van der Waals surface area (Å²) in [5.74, 6) is -0.0864. The number of nitrogens with two attached hydrogens (primary N) is 1. The molecule has 2 rings (SSSR count). The lowest BCUT2D eigenvalue weighted by Crippen LogP contribution is -2.44. The lowest BCUT2D eigenvalue weighted by Gasteiger charge is -2.23. The molecule has 0 radical (unpaired) electrons. The highest BCUT2D eigenvalue weighted by molar-refractivity contribution is 5.98. The molecule has 0 spiro atoms. The van der Waals surface area contributed by atoms with E-state index < -0.39 is 0 Å². The highest BCUT2D eigenvalue weighted by Crippen LogP contribution is 2.20. The Bertz CT molecular complexity index is 487. The molecule has 1 aromatic rings. The molecule has 1 amide bonds. The minimum absolute atomic E-state index is 0.0782. The molecule has 1 aliphatic heterocycles. The van der Waals surface area contributed by atoms with Crippen molar-refractivity contribution in [1.82, 2.24) is 9.88 Å². The molecule has 0 aromatic carbocycles. The molecule has 1 aromatic heterocycles. The van der Waals surface area contributed by atoms with Gasteiger partial charge in [-0.2, -0.15) is 0 Å². The zero-order chi connectivity index (χ0) is 13.1. The van der Waals surface area contributed by atoms with Crippen LogP contribution in [0.1, 0.15) is 28.9 Å². The summed E-state index contributed by atoms with van der Waals surface area (Å²) in [5, 5.41) is 11.7. The van der Waals surface area contributed by atoms with Crippen molar-refractivity contribution in [3.05, 3.63) is 29.6 Å².